The van der Waals surface area contributed by atoms with Crippen molar-refractivity contribution in [1.82, 2.24) is 20.2 Å². The largest absolute Gasteiger partial charge is 0.369 e. The summed E-state index contributed by atoms with van der Waals surface area (Å²) in [5, 5.41) is 14.6. The Morgan fingerprint density at radius 3 is 2.67 bits per heavy atom. The number of aromatic nitrogens is 4. The van der Waals surface area contributed by atoms with Crippen molar-refractivity contribution in [3.05, 3.63) is 6.20 Å². The van der Waals surface area contributed by atoms with Gasteiger partial charge in [0, 0.05) is 13.1 Å². The van der Waals surface area contributed by atoms with E-state index in [1.165, 1.54) is 0 Å². The summed E-state index contributed by atoms with van der Waals surface area (Å²) in [5.41, 5.74) is 0.950. The standard InChI is InChI=1S/C15H26N6/c1-6-7-16-14-19-12(11-8-18-21-13(11)20-14)17-9-15(4,5)10(2)3/h8,10H,6-7,9H2,1-5H3,(H3,16,17,18,19,20,21). The van der Waals surface area contributed by atoms with E-state index in [1.54, 1.807) is 6.20 Å². The predicted molar refractivity (Wildman–Crippen MR) is 87.6 cm³/mol. The summed E-state index contributed by atoms with van der Waals surface area (Å²) in [5.74, 6) is 2.06. The van der Waals surface area contributed by atoms with Gasteiger partial charge in [-0.2, -0.15) is 15.1 Å². The lowest BCUT2D eigenvalue weighted by Gasteiger charge is -2.29. The molecule has 0 saturated carbocycles. The first-order chi connectivity index (χ1) is 9.94. The second-order valence-electron chi connectivity index (χ2n) is 6.45. The summed E-state index contributed by atoms with van der Waals surface area (Å²) in [7, 11) is 0. The van der Waals surface area contributed by atoms with Crippen molar-refractivity contribution in [2.45, 2.75) is 41.0 Å². The molecule has 0 radical (unpaired) electrons. The van der Waals surface area contributed by atoms with Gasteiger partial charge in [0.1, 0.15) is 5.82 Å². The van der Waals surface area contributed by atoms with E-state index < -0.39 is 0 Å². The molecule has 6 nitrogen and oxygen atoms in total. The van der Waals surface area contributed by atoms with E-state index in [2.05, 4.69) is 65.4 Å². The van der Waals surface area contributed by atoms with Crippen molar-refractivity contribution >= 4 is 22.8 Å². The molecule has 0 aliphatic heterocycles. The van der Waals surface area contributed by atoms with Crippen LogP contribution < -0.4 is 10.6 Å². The molecular weight excluding hydrogens is 264 g/mol. The average Bonchev–Trinajstić information content (AvgIpc) is 2.90. The second-order valence-corrected chi connectivity index (χ2v) is 6.45. The van der Waals surface area contributed by atoms with Gasteiger partial charge in [0.15, 0.2) is 5.65 Å². The van der Waals surface area contributed by atoms with Gasteiger partial charge < -0.3 is 10.6 Å². The molecule has 6 heteroatoms. The van der Waals surface area contributed by atoms with Crippen LogP contribution in [0.15, 0.2) is 6.20 Å². The zero-order valence-electron chi connectivity index (χ0n) is 13.6. The molecule has 2 rings (SSSR count). The van der Waals surface area contributed by atoms with Gasteiger partial charge in [0.2, 0.25) is 5.95 Å². The lowest BCUT2D eigenvalue weighted by molar-refractivity contribution is 0.269. The average molecular weight is 290 g/mol. The Morgan fingerprint density at radius 2 is 2.00 bits per heavy atom. The number of nitrogens with zero attached hydrogens (tertiary/aromatic N) is 3. The zero-order valence-corrected chi connectivity index (χ0v) is 13.6. The van der Waals surface area contributed by atoms with Crippen LogP contribution in [0.1, 0.15) is 41.0 Å². The Balaban J connectivity index is 2.22. The van der Waals surface area contributed by atoms with Crippen LogP contribution >= 0.6 is 0 Å². The van der Waals surface area contributed by atoms with Crippen molar-refractivity contribution in [2.24, 2.45) is 11.3 Å². The van der Waals surface area contributed by atoms with Crippen LogP contribution in [-0.4, -0.2) is 33.3 Å². The highest BCUT2D eigenvalue weighted by Crippen LogP contribution is 2.27. The van der Waals surface area contributed by atoms with Crippen molar-refractivity contribution in [3.63, 3.8) is 0 Å². The van der Waals surface area contributed by atoms with Gasteiger partial charge in [0.25, 0.3) is 0 Å². The van der Waals surface area contributed by atoms with Gasteiger partial charge >= 0.3 is 0 Å². The number of anilines is 2. The highest BCUT2D eigenvalue weighted by molar-refractivity contribution is 5.86. The number of rotatable bonds is 7. The molecule has 2 aromatic heterocycles. The number of hydrogen-bond acceptors (Lipinski definition) is 5. The fourth-order valence-electron chi connectivity index (χ4n) is 1.80. The van der Waals surface area contributed by atoms with E-state index in [-0.39, 0.29) is 5.41 Å². The Kier molecular flexibility index (Phi) is 4.65. The molecule has 0 fully saturated rings. The smallest absolute Gasteiger partial charge is 0.226 e. The maximum absolute atomic E-state index is 4.58. The summed E-state index contributed by atoms with van der Waals surface area (Å²) in [4.78, 5) is 9.01. The van der Waals surface area contributed by atoms with Gasteiger partial charge in [-0.05, 0) is 17.8 Å². The van der Waals surface area contributed by atoms with Gasteiger partial charge in [-0.3, -0.25) is 5.10 Å². The fourth-order valence-corrected chi connectivity index (χ4v) is 1.80. The first-order valence-corrected chi connectivity index (χ1v) is 7.63. The van der Waals surface area contributed by atoms with E-state index in [0.717, 1.165) is 36.4 Å². The maximum Gasteiger partial charge on any atom is 0.226 e. The monoisotopic (exact) mass is 290 g/mol. The zero-order chi connectivity index (χ0) is 15.5. The number of H-pyrrole nitrogens is 1. The number of hydrogen-bond donors (Lipinski definition) is 3. The molecule has 0 aliphatic carbocycles. The summed E-state index contributed by atoms with van der Waals surface area (Å²) in [6.07, 6.45) is 2.80. The van der Waals surface area contributed by atoms with Crippen molar-refractivity contribution in [1.29, 1.82) is 0 Å². The maximum atomic E-state index is 4.58. The summed E-state index contributed by atoms with van der Waals surface area (Å²) in [6, 6.07) is 0. The minimum Gasteiger partial charge on any atom is -0.369 e. The van der Waals surface area contributed by atoms with Crippen LogP contribution in [0.25, 0.3) is 11.0 Å². The third-order valence-electron chi connectivity index (χ3n) is 4.12. The van der Waals surface area contributed by atoms with E-state index in [0.29, 0.717) is 11.9 Å². The molecule has 2 heterocycles. The molecule has 3 N–H and O–H groups in total. The van der Waals surface area contributed by atoms with E-state index in [4.69, 9.17) is 0 Å². The number of fused-ring (bicyclic) bond motifs is 1. The van der Waals surface area contributed by atoms with E-state index in [1.807, 2.05) is 0 Å². The molecule has 0 aromatic carbocycles. The van der Waals surface area contributed by atoms with Crippen LogP contribution in [0.2, 0.25) is 0 Å². The van der Waals surface area contributed by atoms with Gasteiger partial charge in [-0.1, -0.05) is 34.6 Å². The first-order valence-electron chi connectivity index (χ1n) is 7.63. The van der Waals surface area contributed by atoms with Crippen LogP contribution in [0.4, 0.5) is 11.8 Å². The Labute approximate surface area is 126 Å². The summed E-state index contributed by atoms with van der Waals surface area (Å²) >= 11 is 0. The van der Waals surface area contributed by atoms with Crippen LogP contribution in [0.3, 0.4) is 0 Å². The quantitative estimate of drug-likeness (QED) is 0.729. The van der Waals surface area contributed by atoms with Crippen molar-refractivity contribution < 1.29 is 0 Å². The molecular formula is C15H26N6. The predicted octanol–water partition coefficient (Wildman–Crippen LogP) is 3.27. The SMILES string of the molecule is CCCNc1nc(NCC(C)(C)C(C)C)c2cn[nH]c2n1. The van der Waals surface area contributed by atoms with Gasteiger partial charge in [-0.25, -0.2) is 0 Å². The molecule has 0 spiro atoms. The highest BCUT2D eigenvalue weighted by Gasteiger charge is 2.22. The Bertz CT molecular complexity index is 587. The van der Waals surface area contributed by atoms with Crippen LogP contribution in [0.5, 0.6) is 0 Å². The fraction of sp³-hybridized carbons (Fsp3) is 0.667. The van der Waals surface area contributed by atoms with Gasteiger partial charge in [-0.15, -0.1) is 0 Å². The molecule has 0 atom stereocenters. The van der Waals surface area contributed by atoms with Crippen LogP contribution in [-0.2, 0) is 0 Å². The van der Waals surface area contributed by atoms with E-state index in [9.17, 15) is 0 Å². The third kappa shape index (κ3) is 3.62. The minimum atomic E-state index is 0.192. The summed E-state index contributed by atoms with van der Waals surface area (Å²) in [6.45, 7) is 12.8. The van der Waals surface area contributed by atoms with Crippen molar-refractivity contribution in [3.8, 4) is 0 Å². The Hall–Kier alpha value is -1.85. The third-order valence-corrected chi connectivity index (χ3v) is 4.12. The first kappa shape index (κ1) is 15.5. The molecule has 0 saturated heterocycles. The number of nitrogens with one attached hydrogen (secondary N) is 3. The molecule has 0 aliphatic rings. The summed E-state index contributed by atoms with van der Waals surface area (Å²) < 4.78 is 0. The Morgan fingerprint density at radius 1 is 1.24 bits per heavy atom. The lowest BCUT2D eigenvalue weighted by atomic mass is 9.81. The second kappa shape index (κ2) is 6.28. The molecule has 0 unspecified atom stereocenters. The number of aromatic amines is 1. The van der Waals surface area contributed by atoms with Crippen LogP contribution in [0, 0.1) is 11.3 Å². The molecule has 0 amide bonds. The molecule has 2 aromatic rings. The normalized spacial score (nSPS) is 12.1. The minimum absolute atomic E-state index is 0.192. The van der Waals surface area contributed by atoms with Crippen molar-refractivity contribution in [2.75, 3.05) is 23.7 Å². The van der Waals surface area contributed by atoms with Gasteiger partial charge in [0.05, 0.1) is 11.6 Å². The molecule has 0 bridgehead atoms. The molecule has 116 valence electrons. The van der Waals surface area contributed by atoms with E-state index >= 15 is 0 Å². The topological polar surface area (TPSA) is 78.5 Å². The lowest BCUT2D eigenvalue weighted by Crippen LogP contribution is -2.29. The highest BCUT2D eigenvalue weighted by atomic mass is 15.2. The molecule has 21 heavy (non-hydrogen) atoms.